The van der Waals surface area contributed by atoms with Crippen LogP contribution in [0.5, 0.6) is 11.5 Å². The first kappa shape index (κ1) is 22.9. The minimum absolute atomic E-state index is 0.101. The predicted octanol–water partition coefficient (Wildman–Crippen LogP) is 5.12. The van der Waals surface area contributed by atoms with Crippen LogP contribution in [0, 0.1) is 0 Å². The Morgan fingerprint density at radius 1 is 0.912 bits per heavy atom. The van der Waals surface area contributed by atoms with Gasteiger partial charge in [-0.1, -0.05) is 36.4 Å². The Labute approximate surface area is 197 Å². The first-order chi connectivity index (χ1) is 16.6. The van der Waals surface area contributed by atoms with Gasteiger partial charge in [-0.3, -0.25) is 9.59 Å². The van der Waals surface area contributed by atoms with E-state index < -0.39 is 0 Å². The summed E-state index contributed by atoms with van der Waals surface area (Å²) >= 11 is 0. The number of carbonyl (C=O) groups excluding carboxylic acids is 2. The number of furan rings is 1. The largest absolute Gasteiger partial charge is 0.497 e. The van der Waals surface area contributed by atoms with Gasteiger partial charge < -0.3 is 24.1 Å². The van der Waals surface area contributed by atoms with Crippen molar-refractivity contribution in [1.29, 1.82) is 0 Å². The Hall–Kier alpha value is -4.26. The molecule has 0 atom stereocenters. The van der Waals surface area contributed by atoms with Gasteiger partial charge in [-0.2, -0.15) is 0 Å². The average Bonchev–Trinajstić information content (AvgIpc) is 3.34. The summed E-state index contributed by atoms with van der Waals surface area (Å²) in [6, 6.07) is 24.2. The second-order valence-corrected chi connectivity index (χ2v) is 7.66. The minimum Gasteiger partial charge on any atom is -0.497 e. The Morgan fingerprint density at radius 2 is 1.74 bits per heavy atom. The van der Waals surface area contributed by atoms with Gasteiger partial charge in [0.2, 0.25) is 5.91 Å². The third kappa shape index (κ3) is 5.56. The number of anilines is 1. The zero-order chi connectivity index (χ0) is 23.9. The topological polar surface area (TPSA) is 81.0 Å². The highest BCUT2D eigenvalue weighted by atomic mass is 16.5. The van der Waals surface area contributed by atoms with E-state index in [-0.39, 0.29) is 30.7 Å². The fourth-order valence-corrected chi connectivity index (χ4v) is 3.54. The van der Waals surface area contributed by atoms with Crippen molar-refractivity contribution >= 4 is 28.3 Å². The molecule has 0 aliphatic heterocycles. The fourth-order valence-electron chi connectivity index (χ4n) is 3.54. The SMILES string of the molecule is CCN(CC(=O)Nc1cccc(OC)c1)C(=O)c1ccc(COc2ccc3ccccc3c2)o1. The van der Waals surface area contributed by atoms with E-state index in [1.165, 1.54) is 4.90 Å². The molecule has 34 heavy (non-hydrogen) atoms. The van der Waals surface area contributed by atoms with Gasteiger partial charge in [0, 0.05) is 18.3 Å². The molecule has 0 spiro atoms. The summed E-state index contributed by atoms with van der Waals surface area (Å²) in [4.78, 5) is 26.8. The van der Waals surface area contributed by atoms with Crippen molar-refractivity contribution in [3.8, 4) is 11.5 Å². The maximum atomic E-state index is 12.9. The van der Waals surface area contributed by atoms with Crippen molar-refractivity contribution in [2.45, 2.75) is 13.5 Å². The molecular weight excluding hydrogens is 432 g/mol. The number of nitrogens with zero attached hydrogens (tertiary/aromatic N) is 1. The molecule has 174 valence electrons. The molecule has 1 heterocycles. The highest BCUT2D eigenvalue weighted by Crippen LogP contribution is 2.22. The van der Waals surface area contributed by atoms with E-state index in [9.17, 15) is 9.59 Å². The van der Waals surface area contributed by atoms with E-state index >= 15 is 0 Å². The van der Waals surface area contributed by atoms with Crippen LogP contribution in [0.25, 0.3) is 10.8 Å². The van der Waals surface area contributed by atoms with Crippen LogP contribution in [0.4, 0.5) is 5.69 Å². The number of likely N-dealkylation sites (N-methyl/N-ethyl adjacent to an activating group) is 1. The van der Waals surface area contributed by atoms with Crippen LogP contribution in [0.2, 0.25) is 0 Å². The van der Waals surface area contributed by atoms with Crippen molar-refractivity contribution in [1.82, 2.24) is 4.90 Å². The van der Waals surface area contributed by atoms with Gasteiger partial charge in [0.25, 0.3) is 5.91 Å². The Bertz CT molecular complexity index is 1300. The minimum atomic E-state index is -0.361. The fraction of sp³-hybridized carbons (Fsp3) is 0.185. The molecule has 3 aromatic carbocycles. The number of amides is 2. The van der Waals surface area contributed by atoms with Crippen LogP contribution >= 0.6 is 0 Å². The summed E-state index contributed by atoms with van der Waals surface area (Å²) in [6.45, 7) is 2.25. The lowest BCUT2D eigenvalue weighted by molar-refractivity contribution is -0.116. The number of hydrogen-bond donors (Lipinski definition) is 1. The highest BCUT2D eigenvalue weighted by Gasteiger charge is 2.21. The third-order valence-electron chi connectivity index (χ3n) is 5.33. The summed E-state index contributed by atoms with van der Waals surface area (Å²) < 4.78 is 16.7. The standard InChI is InChI=1S/C27H26N2O5/c1-3-29(17-26(30)28-21-9-6-10-22(16-21)32-2)27(31)25-14-13-24(34-25)18-33-23-12-11-19-7-4-5-8-20(19)15-23/h4-16H,3,17-18H2,1-2H3,(H,28,30). The maximum Gasteiger partial charge on any atom is 0.290 e. The van der Waals surface area contributed by atoms with Crippen LogP contribution in [-0.2, 0) is 11.4 Å². The summed E-state index contributed by atoms with van der Waals surface area (Å²) in [5.74, 6) is 1.36. The van der Waals surface area contributed by atoms with Gasteiger partial charge >= 0.3 is 0 Å². The van der Waals surface area contributed by atoms with E-state index in [1.54, 1.807) is 43.5 Å². The molecule has 4 aromatic rings. The molecule has 7 heteroatoms. The summed E-state index contributed by atoms with van der Waals surface area (Å²) in [5, 5.41) is 5.00. The number of fused-ring (bicyclic) bond motifs is 1. The molecule has 2 amide bonds. The average molecular weight is 459 g/mol. The number of ether oxygens (including phenoxy) is 2. The Kier molecular flexibility index (Phi) is 7.13. The highest BCUT2D eigenvalue weighted by molar-refractivity contribution is 5.98. The molecule has 4 rings (SSSR count). The van der Waals surface area contributed by atoms with Crippen LogP contribution in [0.15, 0.2) is 83.3 Å². The second-order valence-electron chi connectivity index (χ2n) is 7.66. The van der Waals surface area contributed by atoms with Crippen LogP contribution in [0.3, 0.4) is 0 Å². The monoisotopic (exact) mass is 458 g/mol. The molecule has 0 bridgehead atoms. The van der Waals surface area contributed by atoms with Gasteiger partial charge in [-0.05, 0) is 54.1 Å². The van der Waals surface area contributed by atoms with Gasteiger partial charge in [0.15, 0.2) is 5.76 Å². The van der Waals surface area contributed by atoms with Gasteiger partial charge in [0.05, 0.1) is 7.11 Å². The van der Waals surface area contributed by atoms with E-state index in [1.807, 2.05) is 49.4 Å². The molecule has 0 aliphatic carbocycles. The Balaban J connectivity index is 1.35. The van der Waals surface area contributed by atoms with Crippen LogP contribution in [0.1, 0.15) is 23.2 Å². The number of hydrogen-bond acceptors (Lipinski definition) is 5. The molecule has 0 saturated heterocycles. The van der Waals surface area contributed by atoms with Crippen molar-refractivity contribution in [3.63, 3.8) is 0 Å². The lowest BCUT2D eigenvalue weighted by Gasteiger charge is -2.19. The van der Waals surface area contributed by atoms with Gasteiger partial charge in [0.1, 0.15) is 30.4 Å². The first-order valence-corrected chi connectivity index (χ1v) is 11.0. The summed E-state index contributed by atoms with van der Waals surface area (Å²) in [5.41, 5.74) is 0.596. The van der Waals surface area contributed by atoms with Crippen molar-refractivity contribution in [2.75, 3.05) is 25.5 Å². The van der Waals surface area contributed by atoms with Gasteiger partial charge in [-0.25, -0.2) is 0 Å². The number of nitrogens with one attached hydrogen (secondary N) is 1. The number of carbonyl (C=O) groups is 2. The molecule has 1 N–H and O–H groups in total. The van der Waals surface area contributed by atoms with E-state index in [0.717, 1.165) is 10.8 Å². The molecule has 0 saturated carbocycles. The second kappa shape index (κ2) is 10.6. The zero-order valence-electron chi connectivity index (χ0n) is 19.1. The smallest absolute Gasteiger partial charge is 0.290 e. The van der Waals surface area contributed by atoms with Crippen LogP contribution in [-0.4, -0.2) is 36.9 Å². The molecule has 0 fully saturated rings. The lowest BCUT2D eigenvalue weighted by Crippen LogP contribution is -2.37. The Morgan fingerprint density at radius 3 is 2.53 bits per heavy atom. The maximum absolute atomic E-state index is 12.9. The molecular formula is C27H26N2O5. The number of benzene rings is 3. The van der Waals surface area contributed by atoms with E-state index in [0.29, 0.717) is 29.5 Å². The number of methoxy groups -OCH3 is 1. The molecule has 7 nitrogen and oxygen atoms in total. The summed E-state index contributed by atoms with van der Waals surface area (Å²) in [6.07, 6.45) is 0. The lowest BCUT2D eigenvalue weighted by atomic mass is 10.1. The summed E-state index contributed by atoms with van der Waals surface area (Å²) in [7, 11) is 1.56. The predicted molar refractivity (Wildman–Crippen MR) is 130 cm³/mol. The molecule has 0 unspecified atom stereocenters. The van der Waals surface area contributed by atoms with E-state index in [4.69, 9.17) is 13.9 Å². The molecule has 0 aliphatic rings. The van der Waals surface area contributed by atoms with E-state index in [2.05, 4.69) is 5.32 Å². The first-order valence-electron chi connectivity index (χ1n) is 11.0. The zero-order valence-corrected chi connectivity index (χ0v) is 19.1. The molecule has 1 aromatic heterocycles. The quantitative estimate of drug-likeness (QED) is 0.376. The van der Waals surface area contributed by atoms with Crippen molar-refractivity contribution in [2.24, 2.45) is 0 Å². The van der Waals surface area contributed by atoms with Crippen LogP contribution < -0.4 is 14.8 Å². The molecule has 0 radical (unpaired) electrons. The normalized spacial score (nSPS) is 10.6. The third-order valence-corrected chi connectivity index (χ3v) is 5.33. The van der Waals surface area contributed by atoms with Crippen molar-refractivity contribution < 1.29 is 23.5 Å². The van der Waals surface area contributed by atoms with Crippen molar-refractivity contribution in [3.05, 3.63) is 90.4 Å². The number of rotatable bonds is 9. The van der Waals surface area contributed by atoms with Gasteiger partial charge in [-0.15, -0.1) is 0 Å².